The van der Waals surface area contributed by atoms with Crippen molar-refractivity contribution in [1.29, 1.82) is 0 Å². The van der Waals surface area contributed by atoms with Gasteiger partial charge in [-0.25, -0.2) is 0 Å². The molecule has 0 aliphatic carbocycles. The highest BCUT2D eigenvalue weighted by Gasteiger charge is 2.48. The first-order chi connectivity index (χ1) is 18.9. The van der Waals surface area contributed by atoms with Gasteiger partial charge in [0, 0.05) is 28.9 Å². The lowest BCUT2D eigenvalue weighted by molar-refractivity contribution is 1.17. The Morgan fingerprint density at radius 3 is 1.82 bits per heavy atom. The second kappa shape index (κ2) is 8.14. The average molecular weight is 501 g/mol. The molecule has 0 atom stereocenters. The largest absolute Gasteiger partial charge is 0.309 e. The molecule has 8 rings (SSSR count). The Kier molecular flexibility index (Phi) is 4.57. The van der Waals surface area contributed by atoms with E-state index in [-0.39, 0.29) is 0 Å². The maximum absolute atomic E-state index is 4.54. The Labute approximate surface area is 222 Å². The van der Waals surface area contributed by atoms with Crippen LogP contribution in [0.3, 0.4) is 0 Å². The molecule has 0 unspecified atom stereocenters. The molecular weight excluding hydrogens is 476 g/mol. The average Bonchev–Trinajstić information content (AvgIpc) is 3.49. The number of hydrogen-bond donors (Lipinski definition) is 0. The van der Waals surface area contributed by atoms with Gasteiger partial charge in [0.05, 0.1) is 11.0 Å². The van der Waals surface area contributed by atoms with Crippen LogP contribution in [0.5, 0.6) is 0 Å². The van der Waals surface area contributed by atoms with Crippen LogP contribution in [-0.4, -0.2) is 17.6 Å². The van der Waals surface area contributed by atoms with Gasteiger partial charge in [-0.15, -0.1) is 0 Å². The molecule has 1 aliphatic rings. The normalized spacial score (nSPS) is 13.5. The minimum Gasteiger partial charge on any atom is -0.309 e. The number of para-hydroxylation sites is 1. The molecule has 5 aromatic carbocycles. The van der Waals surface area contributed by atoms with E-state index < -0.39 is 8.07 Å². The highest BCUT2D eigenvalue weighted by Crippen LogP contribution is 2.33. The van der Waals surface area contributed by atoms with E-state index in [0.29, 0.717) is 0 Å². The van der Waals surface area contributed by atoms with Crippen molar-refractivity contribution >= 4 is 50.6 Å². The lowest BCUT2D eigenvalue weighted by Gasteiger charge is -2.31. The standard InChI is InChI=1S/C35H24N2Si/c1-3-11-25(12-4-1)37-32-20-19-27(23-30(32)31-24-36-22-21-33(31)37)38(26-13-5-2-6-14-26)34-17-9-7-15-28(34)29-16-8-10-18-35(29)38/h1-24H. The summed E-state index contributed by atoms with van der Waals surface area (Å²) < 4.78 is 2.36. The molecule has 38 heavy (non-hydrogen) atoms. The number of aromatic nitrogens is 2. The minimum atomic E-state index is -2.53. The summed E-state index contributed by atoms with van der Waals surface area (Å²) in [6.45, 7) is 0. The van der Waals surface area contributed by atoms with Gasteiger partial charge in [-0.1, -0.05) is 109 Å². The van der Waals surface area contributed by atoms with Crippen LogP contribution in [-0.2, 0) is 0 Å². The first-order valence-corrected chi connectivity index (χ1v) is 15.1. The van der Waals surface area contributed by atoms with Crippen LogP contribution < -0.4 is 20.7 Å². The zero-order valence-corrected chi connectivity index (χ0v) is 21.8. The van der Waals surface area contributed by atoms with E-state index in [1.165, 1.54) is 53.7 Å². The summed E-state index contributed by atoms with van der Waals surface area (Å²) in [6.07, 6.45) is 3.92. The van der Waals surface area contributed by atoms with E-state index in [1.807, 2.05) is 12.4 Å². The molecule has 3 heterocycles. The number of nitrogens with zero attached hydrogens (tertiary/aromatic N) is 2. The van der Waals surface area contributed by atoms with Crippen molar-refractivity contribution in [2.75, 3.05) is 0 Å². The lowest BCUT2D eigenvalue weighted by Crippen LogP contribution is -2.72. The SMILES string of the molecule is c1ccc(-n2c3ccncc3c3cc([Si]4(c5ccccc5)c5ccccc5-c5ccccc54)ccc32)cc1. The van der Waals surface area contributed by atoms with Crippen molar-refractivity contribution < 1.29 is 0 Å². The second-order valence-corrected chi connectivity index (χ2v) is 13.7. The zero-order chi connectivity index (χ0) is 25.1. The van der Waals surface area contributed by atoms with E-state index in [0.717, 1.165) is 5.69 Å². The summed E-state index contributed by atoms with van der Waals surface area (Å²) in [4.78, 5) is 4.54. The van der Waals surface area contributed by atoms with E-state index in [2.05, 4.69) is 143 Å². The monoisotopic (exact) mass is 500 g/mol. The van der Waals surface area contributed by atoms with Crippen LogP contribution in [0.25, 0.3) is 38.6 Å². The van der Waals surface area contributed by atoms with Crippen molar-refractivity contribution in [3.63, 3.8) is 0 Å². The van der Waals surface area contributed by atoms with Crippen molar-refractivity contribution in [2.45, 2.75) is 0 Å². The van der Waals surface area contributed by atoms with Gasteiger partial charge >= 0.3 is 0 Å². The molecule has 0 radical (unpaired) electrons. The highest BCUT2D eigenvalue weighted by molar-refractivity contribution is 7.22. The molecule has 0 saturated heterocycles. The molecule has 178 valence electrons. The summed E-state index contributed by atoms with van der Waals surface area (Å²) in [7, 11) is -2.53. The van der Waals surface area contributed by atoms with E-state index >= 15 is 0 Å². The smallest absolute Gasteiger partial charge is 0.180 e. The molecule has 2 aromatic heterocycles. The molecule has 2 nitrogen and oxygen atoms in total. The van der Waals surface area contributed by atoms with Crippen molar-refractivity contribution in [2.24, 2.45) is 0 Å². The zero-order valence-electron chi connectivity index (χ0n) is 20.8. The molecule has 0 bridgehead atoms. The van der Waals surface area contributed by atoms with E-state index in [4.69, 9.17) is 0 Å². The molecule has 3 heteroatoms. The minimum absolute atomic E-state index is 1.16. The summed E-state index contributed by atoms with van der Waals surface area (Å²) in [5, 5.41) is 8.20. The van der Waals surface area contributed by atoms with Gasteiger partial charge in [0.1, 0.15) is 0 Å². The number of benzene rings is 5. The molecule has 0 N–H and O–H groups in total. The molecular formula is C35H24N2Si. The predicted molar refractivity (Wildman–Crippen MR) is 161 cm³/mol. The molecule has 0 spiro atoms. The van der Waals surface area contributed by atoms with Crippen LogP contribution in [0, 0.1) is 0 Å². The van der Waals surface area contributed by atoms with Crippen LogP contribution in [0.15, 0.2) is 146 Å². The van der Waals surface area contributed by atoms with Gasteiger partial charge in [0.25, 0.3) is 0 Å². The van der Waals surface area contributed by atoms with Gasteiger partial charge in [-0.3, -0.25) is 4.98 Å². The Morgan fingerprint density at radius 1 is 0.500 bits per heavy atom. The second-order valence-electron chi connectivity index (χ2n) is 10.0. The summed E-state index contributed by atoms with van der Waals surface area (Å²) in [5.74, 6) is 0. The Bertz CT molecular complexity index is 1930. The third-order valence-electron chi connectivity index (χ3n) is 8.17. The fourth-order valence-corrected chi connectivity index (χ4v) is 11.9. The van der Waals surface area contributed by atoms with Gasteiger partial charge in [-0.2, -0.15) is 0 Å². The van der Waals surface area contributed by atoms with Crippen molar-refractivity contribution in [3.05, 3.63) is 146 Å². The Hall–Kier alpha value is -4.73. The predicted octanol–water partition coefficient (Wildman–Crippen LogP) is 5.54. The Balaban J connectivity index is 1.51. The Morgan fingerprint density at radius 2 is 1.11 bits per heavy atom. The van der Waals surface area contributed by atoms with Crippen LogP contribution in [0.4, 0.5) is 0 Å². The third-order valence-corrected chi connectivity index (χ3v) is 13.0. The van der Waals surface area contributed by atoms with Gasteiger partial charge < -0.3 is 4.57 Å². The number of hydrogen-bond acceptors (Lipinski definition) is 1. The number of pyridine rings is 1. The van der Waals surface area contributed by atoms with Gasteiger partial charge in [0.15, 0.2) is 8.07 Å². The summed E-state index contributed by atoms with van der Waals surface area (Å²) in [6, 6.07) is 49.2. The number of fused-ring (bicyclic) bond motifs is 6. The summed E-state index contributed by atoms with van der Waals surface area (Å²) in [5.41, 5.74) is 6.29. The fraction of sp³-hybridized carbons (Fsp3) is 0. The maximum Gasteiger partial charge on any atom is 0.180 e. The topological polar surface area (TPSA) is 17.8 Å². The van der Waals surface area contributed by atoms with Gasteiger partial charge in [0.2, 0.25) is 0 Å². The molecule has 0 amide bonds. The molecule has 0 fully saturated rings. The highest BCUT2D eigenvalue weighted by atomic mass is 28.3. The van der Waals surface area contributed by atoms with Crippen molar-refractivity contribution in [1.82, 2.24) is 9.55 Å². The molecule has 7 aromatic rings. The van der Waals surface area contributed by atoms with Crippen molar-refractivity contribution in [3.8, 4) is 16.8 Å². The molecule has 0 saturated carbocycles. The quantitative estimate of drug-likeness (QED) is 0.292. The maximum atomic E-state index is 4.54. The van der Waals surface area contributed by atoms with Crippen LogP contribution >= 0.6 is 0 Å². The number of rotatable bonds is 3. The summed E-state index contributed by atoms with van der Waals surface area (Å²) >= 11 is 0. The first kappa shape index (κ1) is 21.4. The molecule has 1 aliphatic heterocycles. The van der Waals surface area contributed by atoms with E-state index in [9.17, 15) is 0 Å². The fourth-order valence-electron chi connectivity index (χ4n) is 6.67. The third kappa shape index (κ3) is 2.79. The first-order valence-electron chi connectivity index (χ1n) is 13.1. The van der Waals surface area contributed by atoms with Gasteiger partial charge in [-0.05, 0) is 56.1 Å². The van der Waals surface area contributed by atoms with E-state index in [1.54, 1.807) is 0 Å². The lowest BCUT2D eigenvalue weighted by atomic mass is 10.1. The van der Waals surface area contributed by atoms with Crippen LogP contribution in [0.1, 0.15) is 0 Å². The van der Waals surface area contributed by atoms with Crippen LogP contribution in [0.2, 0.25) is 0 Å².